The minimum absolute atomic E-state index is 0.650. The van der Waals surface area contributed by atoms with E-state index in [2.05, 4.69) is 46.0 Å². The Hall–Kier alpha value is -1.65. The molecule has 92 valence electrons. The van der Waals surface area contributed by atoms with Gasteiger partial charge in [0.1, 0.15) is 0 Å². The first-order valence-corrected chi connectivity index (χ1v) is 6.88. The Labute approximate surface area is 110 Å². The molecule has 0 radical (unpaired) electrons. The number of fused-ring (bicyclic) bond motifs is 1. The first kappa shape index (κ1) is 11.4. The number of hydrogen-bond donors (Lipinski definition) is 1. The minimum Gasteiger partial charge on any atom is -0.330 e. The lowest BCUT2D eigenvalue weighted by atomic mass is 10.1. The highest BCUT2D eigenvalue weighted by molar-refractivity contribution is 7.15. The van der Waals surface area contributed by atoms with Crippen molar-refractivity contribution >= 4 is 16.3 Å². The zero-order valence-corrected chi connectivity index (χ0v) is 11.1. The first-order chi connectivity index (χ1) is 8.79. The lowest BCUT2D eigenvalue weighted by molar-refractivity contribution is 0.911. The molecule has 0 amide bonds. The number of imidazole rings is 1. The number of aryl methyl sites for hydroxylation is 1. The van der Waals surface area contributed by atoms with Gasteiger partial charge in [-0.15, -0.1) is 11.3 Å². The number of thiazole rings is 1. The Kier molecular flexibility index (Phi) is 2.89. The molecule has 3 rings (SSSR count). The van der Waals surface area contributed by atoms with E-state index < -0.39 is 0 Å². The smallest absolute Gasteiger partial charge is 0.194 e. The summed E-state index contributed by atoms with van der Waals surface area (Å²) in [4.78, 5) is 5.46. The summed E-state index contributed by atoms with van der Waals surface area (Å²) in [6.45, 7) is 2.75. The van der Waals surface area contributed by atoms with Crippen molar-refractivity contribution in [2.24, 2.45) is 5.73 Å². The van der Waals surface area contributed by atoms with Gasteiger partial charge in [0.15, 0.2) is 4.96 Å². The van der Waals surface area contributed by atoms with Crippen LogP contribution in [0.15, 0.2) is 35.8 Å². The minimum atomic E-state index is 0.650. The molecule has 0 fully saturated rings. The van der Waals surface area contributed by atoms with Gasteiger partial charge in [0, 0.05) is 17.5 Å². The molecule has 0 aliphatic carbocycles. The van der Waals surface area contributed by atoms with Gasteiger partial charge in [-0.25, -0.2) is 4.98 Å². The fraction of sp³-hybridized carbons (Fsp3) is 0.214. The second kappa shape index (κ2) is 4.55. The van der Waals surface area contributed by atoms with Crippen molar-refractivity contribution in [1.82, 2.24) is 9.38 Å². The number of aromatic nitrogens is 2. The Balaban J connectivity index is 2.16. The third kappa shape index (κ3) is 1.83. The van der Waals surface area contributed by atoms with Crippen LogP contribution < -0.4 is 5.73 Å². The normalized spacial score (nSPS) is 11.2. The SMILES string of the molecule is Cc1ccc(-c2csc3ncc(CCN)n23)cc1. The van der Waals surface area contributed by atoms with Crippen LogP contribution in [0.4, 0.5) is 0 Å². The first-order valence-electron chi connectivity index (χ1n) is 6.00. The number of nitrogens with two attached hydrogens (primary N) is 1. The van der Waals surface area contributed by atoms with Gasteiger partial charge in [-0.3, -0.25) is 4.40 Å². The van der Waals surface area contributed by atoms with Crippen molar-refractivity contribution < 1.29 is 0 Å². The highest BCUT2D eigenvalue weighted by Gasteiger charge is 2.10. The number of hydrogen-bond acceptors (Lipinski definition) is 3. The van der Waals surface area contributed by atoms with Gasteiger partial charge in [0.2, 0.25) is 0 Å². The number of rotatable bonds is 3. The molecular weight excluding hydrogens is 242 g/mol. The van der Waals surface area contributed by atoms with E-state index in [0.29, 0.717) is 6.54 Å². The lowest BCUT2D eigenvalue weighted by Crippen LogP contribution is -2.05. The quantitative estimate of drug-likeness (QED) is 0.784. The van der Waals surface area contributed by atoms with Crippen LogP contribution in [0.1, 0.15) is 11.3 Å². The summed E-state index contributed by atoms with van der Waals surface area (Å²) in [5.74, 6) is 0. The Morgan fingerprint density at radius 3 is 2.78 bits per heavy atom. The van der Waals surface area contributed by atoms with Crippen molar-refractivity contribution in [3.63, 3.8) is 0 Å². The average Bonchev–Trinajstić information content (AvgIpc) is 2.94. The molecule has 0 unspecified atom stereocenters. The predicted octanol–water partition coefficient (Wildman–Crippen LogP) is 2.87. The third-order valence-electron chi connectivity index (χ3n) is 3.07. The zero-order valence-electron chi connectivity index (χ0n) is 10.3. The summed E-state index contributed by atoms with van der Waals surface area (Å²) in [5, 5.41) is 2.16. The average molecular weight is 257 g/mol. The molecule has 18 heavy (non-hydrogen) atoms. The molecule has 0 atom stereocenters. The van der Waals surface area contributed by atoms with Crippen molar-refractivity contribution in [3.05, 3.63) is 47.1 Å². The van der Waals surface area contributed by atoms with E-state index in [1.807, 2.05) is 6.20 Å². The summed E-state index contributed by atoms with van der Waals surface area (Å²) >= 11 is 1.67. The number of benzene rings is 1. The maximum absolute atomic E-state index is 5.65. The largest absolute Gasteiger partial charge is 0.330 e. The monoisotopic (exact) mass is 257 g/mol. The predicted molar refractivity (Wildman–Crippen MR) is 76.0 cm³/mol. The summed E-state index contributed by atoms with van der Waals surface area (Å²) < 4.78 is 2.21. The maximum Gasteiger partial charge on any atom is 0.194 e. The molecule has 3 nitrogen and oxygen atoms in total. The Bertz CT molecular complexity index is 664. The van der Waals surface area contributed by atoms with Crippen LogP contribution in [0.3, 0.4) is 0 Å². The highest BCUT2D eigenvalue weighted by Crippen LogP contribution is 2.27. The topological polar surface area (TPSA) is 43.3 Å². The van der Waals surface area contributed by atoms with Gasteiger partial charge in [0.05, 0.1) is 11.9 Å². The molecule has 3 aromatic rings. The summed E-state index contributed by atoms with van der Waals surface area (Å²) in [5.41, 5.74) is 10.5. The summed E-state index contributed by atoms with van der Waals surface area (Å²) in [7, 11) is 0. The molecule has 0 spiro atoms. The molecule has 0 aliphatic rings. The summed E-state index contributed by atoms with van der Waals surface area (Å²) in [6, 6.07) is 8.59. The van der Waals surface area contributed by atoms with Gasteiger partial charge >= 0.3 is 0 Å². The lowest BCUT2D eigenvalue weighted by Gasteiger charge is -2.04. The van der Waals surface area contributed by atoms with Gasteiger partial charge in [0.25, 0.3) is 0 Å². The molecule has 0 saturated heterocycles. The van der Waals surface area contributed by atoms with Gasteiger partial charge in [-0.05, 0) is 19.0 Å². The Morgan fingerprint density at radius 1 is 1.28 bits per heavy atom. The van der Waals surface area contributed by atoms with Gasteiger partial charge < -0.3 is 5.73 Å². The van der Waals surface area contributed by atoms with E-state index >= 15 is 0 Å². The standard InChI is InChI=1S/C14H15N3S/c1-10-2-4-11(5-3-10)13-9-18-14-16-8-12(6-7-15)17(13)14/h2-5,8-9H,6-7,15H2,1H3. The van der Waals surface area contributed by atoms with Crippen LogP contribution >= 0.6 is 11.3 Å². The van der Waals surface area contributed by atoms with Crippen molar-refractivity contribution in [2.45, 2.75) is 13.3 Å². The molecule has 2 heterocycles. The molecular formula is C14H15N3S. The molecule has 0 saturated carbocycles. The van der Waals surface area contributed by atoms with Gasteiger partial charge in [-0.1, -0.05) is 29.8 Å². The second-order valence-corrected chi connectivity index (χ2v) is 5.23. The molecule has 4 heteroatoms. The van der Waals surface area contributed by atoms with Gasteiger partial charge in [-0.2, -0.15) is 0 Å². The second-order valence-electron chi connectivity index (χ2n) is 4.39. The van der Waals surface area contributed by atoms with E-state index in [-0.39, 0.29) is 0 Å². The van der Waals surface area contributed by atoms with E-state index in [1.54, 1.807) is 11.3 Å². The van der Waals surface area contributed by atoms with Crippen LogP contribution in [0.25, 0.3) is 16.2 Å². The zero-order chi connectivity index (χ0) is 12.5. The maximum atomic E-state index is 5.65. The third-order valence-corrected chi connectivity index (χ3v) is 3.91. The van der Waals surface area contributed by atoms with E-state index in [0.717, 1.165) is 11.4 Å². The molecule has 2 aromatic heterocycles. The van der Waals surface area contributed by atoms with Crippen molar-refractivity contribution in [2.75, 3.05) is 6.54 Å². The van der Waals surface area contributed by atoms with E-state index in [1.165, 1.54) is 22.5 Å². The molecule has 0 aliphatic heterocycles. The number of nitrogens with zero attached hydrogens (tertiary/aromatic N) is 2. The van der Waals surface area contributed by atoms with Crippen molar-refractivity contribution in [3.8, 4) is 11.3 Å². The highest BCUT2D eigenvalue weighted by atomic mass is 32.1. The van der Waals surface area contributed by atoms with E-state index in [4.69, 9.17) is 5.73 Å². The van der Waals surface area contributed by atoms with Crippen LogP contribution in [0, 0.1) is 6.92 Å². The molecule has 1 aromatic carbocycles. The van der Waals surface area contributed by atoms with Crippen LogP contribution in [-0.2, 0) is 6.42 Å². The van der Waals surface area contributed by atoms with Crippen LogP contribution in [0.2, 0.25) is 0 Å². The van der Waals surface area contributed by atoms with E-state index in [9.17, 15) is 0 Å². The fourth-order valence-corrected chi connectivity index (χ4v) is 3.01. The molecule has 2 N–H and O–H groups in total. The Morgan fingerprint density at radius 2 is 2.06 bits per heavy atom. The van der Waals surface area contributed by atoms with Crippen LogP contribution in [-0.4, -0.2) is 15.9 Å². The fourth-order valence-electron chi connectivity index (χ4n) is 2.12. The summed E-state index contributed by atoms with van der Waals surface area (Å²) in [6.07, 6.45) is 2.78. The van der Waals surface area contributed by atoms with Crippen molar-refractivity contribution in [1.29, 1.82) is 0 Å². The molecule has 0 bridgehead atoms. The van der Waals surface area contributed by atoms with Crippen LogP contribution in [0.5, 0.6) is 0 Å².